The van der Waals surface area contributed by atoms with Crippen LogP contribution in [0.15, 0.2) is 23.1 Å². The third-order valence-electron chi connectivity index (χ3n) is 2.93. The van der Waals surface area contributed by atoms with E-state index in [2.05, 4.69) is 0 Å². The molecule has 0 aromatic heterocycles. The predicted octanol–water partition coefficient (Wildman–Crippen LogP) is 1.36. The van der Waals surface area contributed by atoms with E-state index in [0.29, 0.717) is 0 Å². The highest BCUT2D eigenvalue weighted by atomic mass is 35.5. The van der Waals surface area contributed by atoms with Crippen LogP contribution in [0.5, 0.6) is 0 Å². The molecule has 19 heavy (non-hydrogen) atoms. The second-order valence-corrected chi connectivity index (χ2v) is 6.62. The summed E-state index contributed by atoms with van der Waals surface area (Å²) >= 11 is 5.82. The van der Waals surface area contributed by atoms with Gasteiger partial charge in [0, 0.05) is 17.6 Å². The molecule has 0 unspecified atom stereocenters. The molecule has 0 amide bonds. The SMILES string of the molecule is N#Cc1ccc(Cl)cc1S(=O)(=O)N(CCO)C1CC1. The summed E-state index contributed by atoms with van der Waals surface area (Å²) in [5.41, 5.74) is 0.0630. The van der Waals surface area contributed by atoms with E-state index in [1.54, 1.807) is 0 Å². The summed E-state index contributed by atoms with van der Waals surface area (Å²) in [5, 5.41) is 18.3. The van der Waals surface area contributed by atoms with Crippen LogP contribution in [0.1, 0.15) is 18.4 Å². The fourth-order valence-corrected chi connectivity index (χ4v) is 3.97. The minimum atomic E-state index is -3.80. The Morgan fingerprint density at radius 2 is 2.16 bits per heavy atom. The number of aliphatic hydroxyl groups is 1. The summed E-state index contributed by atoms with van der Waals surface area (Å²) in [7, 11) is -3.80. The van der Waals surface area contributed by atoms with Crippen molar-refractivity contribution >= 4 is 21.6 Å². The van der Waals surface area contributed by atoms with E-state index >= 15 is 0 Å². The number of nitrogens with zero attached hydrogens (tertiary/aromatic N) is 2. The second kappa shape index (κ2) is 5.47. The quantitative estimate of drug-likeness (QED) is 0.890. The van der Waals surface area contributed by atoms with Crippen molar-refractivity contribution < 1.29 is 13.5 Å². The Hall–Kier alpha value is -1.13. The molecule has 1 saturated carbocycles. The molecule has 0 atom stereocenters. The number of aliphatic hydroxyl groups excluding tert-OH is 1. The van der Waals surface area contributed by atoms with Gasteiger partial charge < -0.3 is 5.11 Å². The smallest absolute Gasteiger partial charge is 0.244 e. The van der Waals surface area contributed by atoms with Crippen LogP contribution in [-0.2, 0) is 10.0 Å². The average Bonchev–Trinajstić information content (AvgIpc) is 3.20. The molecule has 1 aliphatic carbocycles. The maximum Gasteiger partial charge on any atom is 0.244 e. The van der Waals surface area contributed by atoms with Crippen molar-refractivity contribution in [2.45, 2.75) is 23.8 Å². The van der Waals surface area contributed by atoms with Crippen molar-refractivity contribution in [1.29, 1.82) is 5.26 Å². The Balaban J connectivity index is 2.49. The van der Waals surface area contributed by atoms with Crippen LogP contribution in [-0.4, -0.2) is 37.0 Å². The Morgan fingerprint density at radius 3 is 2.68 bits per heavy atom. The Bertz CT molecular complexity index is 620. The first-order chi connectivity index (χ1) is 9.00. The van der Waals surface area contributed by atoms with Gasteiger partial charge in [0.1, 0.15) is 11.0 Å². The molecular formula is C12H13ClN2O3S. The van der Waals surface area contributed by atoms with E-state index in [4.69, 9.17) is 22.0 Å². The van der Waals surface area contributed by atoms with Gasteiger partial charge in [0.25, 0.3) is 0 Å². The van der Waals surface area contributed by atoms with Gasteiger partial charge in [-0.2, -0.15) is 9.57 Å². The van der Waals surface area contributed by atoms with Crippen molar-refractivity contribution in [3.63, 3.8) is 0 Å². The van der Waals surface area contributed by atoms with Crippen molar-refractivity contribution in [2.24, 2.45) is 0 Å². The molecule has 0 radical (unpaired) electrons. The first-order valence-corrected chi connectivity index (χ1v) is 7.65. The molecule has 2 rings (SSSR count). The van der Waals surface area contributed by atoms with Crippen molar-refractivity contribution in [1.82, 2.24) is 4.31 Å². The zero-order chi connectivity index (χ0) is 14.0. The van der Waals surface area contributed by atoms with E-state index in [0.717, 1.165) is 12.8 Å². The first kappa shape index (κ1) is 14.3. The highest BCUT2D eigenvalue weighted by molar-refractivity contribution is 7.89. The molecule has 1 N–H and O–H groups in total. The molecule has 0 bridgehead atoms. The molecule has 1 aliphatic rings. The van der Waals surface area contributed by atoms with Crippen LogP contribution in [0.4, 0.5) is 0 Å². The van der Waals surface area contributed by atoms with Gasteiger partial charge in [-0.15, -0.1) is 0 Å². The average molecular weight is 301 g/mol. The summed E-state index contributed by atoms with van der Waals surface area (Å²) in [6, 6.07) is 5.92. The van der Waals surface area contributed by atoms with Crippen LogP contribution in [0.2, 0.25) is 5.02 Å². The van der Waals surface area contributed by atoms with Gasteiger partial charge in [0.2, 0.25) is 10.0 Å². The van der Waals surface area contributed by atoms with Crippen LogP contribution < -0.4 is 0 Å². The molecule has 7 heteroatoms. The summed E-state index contributed by atoms with van der Waals surface area (Å²) in [6.07, 6.45) is 1.56. The minimum absolute atomic E-state index is 0.0321. The fourth-order valence-electron chi connectivity index (χ4n) is 1.89. The van der Waals surface area contributed by atoms with Gasteiger partial charge in [0.15, 0.2) is 0 Å². The Labute approximate surface area is 117 Å². The van der Waals surface area contributed by atoms with E-state index < -0.39 is 10.0 Å². The number of hydrogen-bond acceptors (Lipinski definition) is 4. The molecule has 5 nitrogen and oxygen atoms in total. The first-order valence-electron chi connectivity index (χ1n) is 5.83. The van der Waals surface area contributed by atoms with Crippen LogP contribution in [0, 0.1) is 11.3 Å². The zero-order valence-corrected chi connectivity index (χ0v) is 11.7. The number of nitriles is 1. The summed E-state index contributed by atoms with van der Waals surface area (Å²) in [5.74, 6) is 0. The monoisotopic (exact) mass is 300 g/mol. The molecular weight excluding hydrogens is 288 g/mol. The third kappa shape index (κ3) is 2.90. The Morgan fingerprint density at radius 1 is 1.47 bits per heavy atom. The molecule has 0 spiro atoms. The molecule has 1 fully saturated rings. The maximum absolute atomic E-state index is 12.5. The van der Waals surface area contributed by atoms with Gasteiger partial charge in [-0.25, -0.2) is 8.42 Å². The maximum atomic E-state index is 12.5. The lowest BCUT2D eigenvalue weighted by molar-refractivity contribution is 0.250. The summed E-state index contributed by atoms with van der Waals surface area (Å²) in [4.78, 5) is -0.0946. The van der Waals surface area contributed by atoms with Gasteiger partial charge in [-0.1, -0.05) is 11.6 Å². The molecule has 0 saturated heterocycles. The molecule has 0 aliphatic heterocycles. The summed E-state index contributed by atoms with van der Waals surface area (Å²) in [6.45, 7) is -0.220. The van der Waals surface area contributed by atoms with E-state index in [9.17, 15) is 8.42 Å². The predicted molar refractivity (Wildman–Crippen MR) is 70.2 cm³/mol. The third-order valence-corrected chi connectivity index (χ3v) is 5.15. The van der Waals surface area contributed by atoms with Gasteiger partial charge in [-0.05, 0) is 31.0 Å². The topological polar surface area (TPSA) is 81.4 Å². The van der Waals surface area contributed by atoms with Crippen LogP contribution in [0.3, 0.4) is 0 Å². The number of sulfonamides is 1. The fraction of sp³-hybridized carbons (Fsp3) is 0.417. The van der Waals surface area contributed by atoms with Crippen molar-refractivity contribution in [3.8, 4) is 6.07 Å². The number of hydrogen-bond donors (Lipinski definition) is 1. The number of rotatable bonds is 5. The van der Waals surface area contributed by atoms with Crippen LogP contribution >= 0.6 is 11.6 Å². The standard InChI is InChI=1S/C12H13ClN2O3S/c13-10-2-1-9(8-14)12(7-10)19(17,18)15(5-6-16)11-3-4-11/h1-2,7,11,16H,3-6H2. The largest absolute Gasteiger partial charge is 0.395 e. The van der Waals surface area contributed by atoms with E-state index in [-0.39, 0.29) is 34.7 Å². The molecule has 1 aromatic rings. The van der Waals surface area contributed by atoms with Crippen molar-refractivity contribution in [2.75, 3.05) is 13.2 Å². The lowest BCUT2D eigenvalue weighted by Crippen LogP contribution is -2.35. The van der Waals surface area contributed by atoms with Crippen LogP contribution in [0.25, 0.3) is 0 Å². The van der Waals surface area contributed by atoms with E-state index in [1.807, 2.05) is 6.07 Å². The molecule has 102 valence electrons. The zero-order valence-electron chi connectivity index (χ0n) is 10.1. The number of halogens is 1. The number of benzene rings is 1. The molecule has 1 aromatic carbocycles. The Kier molecular flexibility index (Phi) is 4.11. The lowest BCUT2D eigenvalue weighted by atomic mass is 10.2. The highest BCUT2D eigenvalue weighted by Gasteiger charge is 2.38. The van der Waals surface area contributed by atoms with Gasteiger partial charge >= 0.3 is 0 Å². The van der Waals surface area contributed by atoms with E-state index in [1.165, 1.54) is 22.5 Å². The van der Waals surface area contributed by atoms with Crippen molar-refractivity contribution in [3.05, 3.63) is 28.8 Å². The highest BCUT2D eigenvalue weighted by Crippen LogP contribution is 2.33. The lowest BCUT2D eigenvalue weighted by Gasteiger charge is -2.21. The van der Waals surface area contributed by atoms with Gasteiger partial charge in [0.05, 0.1) is 12.2 Å². The second-order valence-electron chi connectivity index (χ2n) is 4.32. The molecule has 0 heterocycles. The normalized spacial score (nSPS) is 15.5. The van der Waals surface area contributed by atoms with Gasteiger partial charge in [-0.3, -0.25) is 0 Å². The minimum Gasteiger partial charge on any atom is -0.395 e. The summed E-state index contributed by atoms with van der Waals surface area (Å²) < 4.78 is 26.3.